The molecule has 0 aromatic heterocycles. The maximum atomic E-state index is 5.41. The third-order valence-electron chi connectivity index (χ3n) is 1.73. The Kier molecular flexibility index (Phi) is 3.72. The van der Waals surface area contributed by atoms with Gasteiger partial charge in [0.1, 0.15) is 0 Å². The van der Waals surface area contributed by atoms with Crippen molar-refractivity contribution in [3.05, 3.63) is 0 Å². The molecule has 1 unspecified atom stereocenters. The van der Waals surface area contributed by atoms with Crippen molar-refractivity contribution in [2.45, 2.75) is 18.9 Å². The molecule has 1 aliphatic heterocycles. The topological polar surface area (TPSA) is 47.3 Å². The molecule has 1 fully saturated rings. The summed E-state index contributed by atoms with van der Waals surface area (Å²) in [6.45, 7) is 3.55. The van der Waals surface area contributed by atoms with Crippen molar-refractivity contribution < 1.29 is 4.74 Å². The van der Waals surface area contributed by atoms with Crippen LogP contribution in [0.25, 0.3) is 0 Å². The van der Waals surface area contributed by atoms with Crippen LogP contribution in [0.2, 0.25) is 0 Å². The summed E-state index contributed by atoms with van der Waals surface area (Å²) in [4.78, 5) is 0. The molecule has 0 saturated carbocycles. The number of hydrogen-bond acceptors (Lipinski definition) is 3. The standard InChI is InChI=1S/C7H16N2O/c8-3-2-7-6-10-5-1-4-9-7/h7,9H,1-6,8H2. The number of nitrogens with one attached hydrogen (secondary N) is 1. The Morgan fingerprint density at radius 3 is 3.30 bits per heavy atom. The van der Waals surface area contributed by atoms with Gasteiger partial charge in [-0.3, -0.25) is 0 Å². The second kappa shape index (κ2) is 4.66. The van der Waals surface area contributed by atoms with E-state index in [-0.39, 0.29) is 0 Å². The van der Waals surface area contributed by atoms with E-state index >= 15 is 0 Å². The number of rotatable bonds is 2. The molecule has 0 aromatic rings. The Morgan fingerprint density at radius 2 is 2.50 bits per heavy atom. The van der Waals surface area contributed by atoms with Gasteiger partial charge in [-0.2, -0.15) is 0 Å². The van der Waals surface area contributed by atoms with Gasteiger partial charge in [-0.25, -0.2) is 0 Å². The molecule has 0 spiro atoms. The smallest absolute Gasteiger partial charge is 0.0620 e. The van der Waals surface area contributed by atoms with Gasteiger partial charge >= 0.3 is 0 Å². The molecular formula is C7H16N2O. The summed E-state index contributed by atoms with van der Waals surface area (Å²) in [5.74, 6) is 0. The lowest BCUT2D eigenvalue weighted by Gasteiger charge is -2.12. The molecule has 10 heavy (non-hydrogen) atoms. The molecule has 1 heterocycles. The van der Waals surface area contributed by atoms with Crippen molar-refractivity contribution in [1.82, 2.24) is 5.32 Å². The van der Waals surface area contributed by atoms with Crippen LogP contribution in [0.5, 0.6) is 0 Å². The molecule has 60 valence electrons. The second-order valence-electron chi connectivity index (χ2n) is 2.66. The Bertz CT molecular complexity index is 79.7. The zero-order chi connectivity index (χ0) is 7.23. The van der Waals surface area contributed by atoms with Crippen LogP contribution in [0, 0.1) is 0 Å². The largest absolute Gasteiger partial charge is 0.380 e. The van der Waals surface area contributed by atoms with Crippen molar-refractivity contribution in [3.63, 3.8) is 0 Å². The highest BCUT2D eigenvalue weighted by molar-refractivity contribution is 4.68. The predicted molar refractivity (Wildman–Crippen MR) is 40.9 cm³/mol. The van der Waals surface area contributed by atoms with E-state index in [1.165, 1.54) is 0 Å². The molecular weight excluding hydrogens is 128 g/mol. The third kappa shape index (κ3) is 2.64. The van der Waals surface area contributed by atoms with E-state index in [2.05, 4.69) is 5.32 Å². The third-order valence-corrected chi connectivity index (χ3v) is 1.73. The second-order valence-corrected chi connectivity index (χ2v) is 2.66. The van der Waals surface area contributed by atoms with Gasteiger partial charge in [0.2, 0.25) is 0 Å². The van der Waals surface area contributed by atoms with Crippen molar-refractivity contribution >= 4 is 0 Å². The summed E-state index contributed by atoms with van der Waals surface area (Å²) >= 11 is 0. The van der Waals surface area contributed by atoms with Crippen molar-refractivity contribution in [2.75, 3.05) is 26.3 Å². The molecule has 0 bridgehead atoms. The van der Waals surface area contributed by atoms with Gasteiger partial charge in [-0.1, -0.05) is 0 Å². The summed E-state index contributed by atoms with van der Waals surface area (Å²) in [5.41, 5.74) is 5.41. The molecule has 1 aliphatic rings. The fourth-order valence-corrected chi connectivity index (χ4v) is 1.15. The minimum absolute atomic E-state index is 0.493. The highest BCUT2D eigenvalue weighted by Gasteiger charge is 2.09. The zero-order valence-electron chi connectivity index (χ0n) is 6.31. The molecule has 1 atom stereocenters. The first-order chi connectivity index (χ1) is 4.93. The lowest BCUT2D eigenvalue weighted by molar-refractivity contribution is 0.129. The summed E-state index contributed by atoms with van der Waals surface area (Å²) in [7, 11) is 0. The normalized spacial score (nSPS) is 27.9. The van der Waals surface area contributed by atoms with Crippen LogP contribution in [0.15, 0.2) is 0 Å². The molecule has 0 aromatic carbocycles. The first kappa shape index (κ1) is 7.98. The van der Waals surface area contributed by atoms with Crippen LogP contribution in [0.1, 0.15) is 12.8 Å². The van der Waals surface area contributed by atoms with E-state index in [9.17, 15) is 0 Å². The van der Waals surface area contributed by atoms with Gasteiger partial charge in [-0.05, 0) is 25.9 Å². The fourth-order valence-electron chi connectivity index (χ4n) is 1.15. The van der Waals surface area contributed by atoms with Gasteiger partial charge in [0.05, 0.1) is 6.61 Å². The lowest BCUT2D eigenvalue weighted by atomic mass is 10.2. The van der Waals surface area contributed by atoms with Crippen molar-refractivity contribution in [3.8, 4) is 0 Å². The lowest BCUT2D eigenvalue weighted by Crippen LogP contribution is -2.33. The fraction of sp³-hybridized carbons (Fsp3) is 1.00. The summed E-state index contributed by atoms with van der Waals surface area (Å²) < 4.78 is 5.34. The molecule has 1 rings (SSSR count). The van der Waals surface area contributed by atoms with Crippen LogP contribution in [-0.4, -0.2) is 32.3 Å². The Hall–Kier alpha value is -0.120. The van der Waals surface area contributed by atoms with Gasteiger partial charge in [0, 0.05) is 12.6 Å². The molecule has 0 radical (unpaired) electrons. The quantitative estimate of drug-likeness (QED) is 0.560. The molecule has 3 heteroatoms. The molecule has 0 amide bonds. The van der Waals surface area contributed by atoms with E-state index in [0.29, 0.717) is 6.04 Å². The molecule has 3 N–H and O–H groups in total. The monoisotopic (exact) mass is 144 g/mol. The minimum Gasteiger partial charge on any atom is -0.380 e. The first-order valence-electron chi connectivity index (χ1n) is 3.94. The number of hydrogen-bond donors (Lipinski definition) is 2. The molecule has 0 aliphatic carbocycles. The van der Waals surface area contributed by atoms with E-state index in [4.69, 9.17) is 10.5 Å². The van der Waals surface area contributed by atoms with Gasteiger partial charge < -0.3 is 15.8 Å². The van der Waals surface area contributed by atoms with Gasteiger partial charge in [-0.15, -0.1) is 0 Å². The van der Waals surface area contributed by atoms with E-state index < -0.39 is 0 Å². The van der Waals surface area contributed by atoms with Crippen molar-refractivity contribution in [1.29, 1.82) is 0 Å². The van der Waals surface area contributed by atoms with E-state index in [1.807, 2.05) is 0 Å². The summed E-state index contributed by atoms with van der Waals surface area (Å²) in [5, 5.41) is 3.38. The predicted octanol–water partition coefficient (Wildman–Crippen LogP) is -0.286. The highest BCUT2D eigenvalue weighted by Crippen LogP contribution is 1.97. The minimum atomic E-state index is 0.493. The van der Waals surface area contributed by atoms with Crippen LogP contribution < -0.4 is 11.1 Å². The number of nitrogens with two attached hydrogens (primary N) is 1. The Balaban J connectivity index is 2.15. The molecule has 1 saturated heterocycles. The van der Waals surface area contributed by atoms with E-state index in [1.54, 1.807) is 0 Å². The van der Waals surface area contributed by atoms with E-state index in [0.717, 1.165) is 39.1 Å². The average molecular weight is 144 g/mol. The van der Waals surface area contributed by atoms with Crippen LogP contribution in [0.3, 0.4) is 0 Å². The van der Waals surface area contributed by atoms with Crippen LogP contribution in [0.4, 0.5) is 0 Å². The van der Waals surface area contributed by atoms with Gasteiger partial charge in [0.15, 0.2) is 0 Å². The highest BCUT2D eigenvalue weighted by atomic mass is 16.5. The SMILES string of the molecule is NCCC1COCCCN1. The van der Waals surface area contributed by atoms with Crippen LogP contribution in [-0.2, 0) is 4.74 Å². The number of ether oxygens (including phenoxy) is 1. The zero-order valence-corrected chi connectivity index (χ0v) is 6.31. The maximum Gasteiger partial charge on any atom is 0.0620 e. The van der Waals surface area contributed by atoms with Gasteiger partial charge in [0.25, 0.3) is 0 Å². The first-order valence-corrected chi connectivity index (χ1v) is 3.94. The maximum absolute atomic E-state index is 5.41. The average Bonchev–Trinajstić information content (AvgIpc) is 2.17. The Morgan fingerprint density at radius 1 is 1.60 bits per heavy atom. The Labute approximate surface area is 61.9 Å². The van der Waals surface area contributed by atoms with Crippen molar-refractivity contribution in [2.24, 2.45) is 5.73 Å². The summed E-state index contributed by atoms with van der Waals surface area (Å²) in [6.07, 6.45) is 2.15. The van der Waals surface area contributed by atoms with Crippen LogP contribution >= 0.6 is 0 Å². The summed E-state index contributed by atoms with van der Waals surface area (Å²) in [6, 6.07) is 0.493. The molecule has 3 nitrogen and oxygen atoms in total.